The number of carbonyl (C=O) groups excluding carboxylic acids is 1. The van der Waals surface area contributed by atoms with Crippen molar-refractivity contribution >= 4 is 16.9 Å². The molecule has 0 aliphatic rings. The van der Waals surface area contributed by atoms with Crippen molar-refractivity contribution in [3.8, 4) is 5.75 Å². The maximum atomic E-state index is 12.2. The van der Waals surface area contributed by atoms with E-state index in [-0.39, 0.29) is 12.5 Å². The van der Waals surface area contributed by atoms with E-state index in [1.165, 1.54) is 0 Å². The Hall–Kier alpha value is -2.86. The molecule has 0 unspecified atom stereocenters. The summed E-state index contributed by atoms with van der Waals surface area (Å²) < 4.78 is 7.98. The van der Waals surface area contributed by atoms with Crippen molar-refractivity contribution in [1.29, 1.82) is 0 Å². The van der Waals surface area contributed by atoms with Crippen LogP contribution in [-0.2, 0) is 17.8 Å². The van der Waals surface area contributed by atoms with Crippen LogP contribution in [0.3, 0.4) is 0 Å². The number of aromatic nitrogens is 2. The number of nitrogens with zero attached hydrogens (tertiary/aromatic N) is 3. The van der Waals surface area contributed by atoms with E-state index < -0.39 is 0 Å². The van der Waals surface area contributed by atoms with Gasteiger partial charge in [0.1, 0.15) is 11.6 Å². The molecule has 3 rings (SSSR count). The van der Waals surface area contributed by atoms with E-state index in [1.54, 1.807) is 0 Å². The predicted molar refractivity (Wildman–Crippen MR) is 116 cm³/mol. The average Bonchev–Trinajstić information content (AvgIpc) is 3.03. The van der Waals surface area contributed by atoms with Crippen LogP contribution in [0.2, 0.25) is 0 Å². The summed E-state index contributed by atoms with van der Waals surface area (Å²) in [7, 11) is 4.13. The van der Waals surface area contributed by atoms with Gasteiger partial charge in [0.05, 0.1) is 11.0 Å². The van der Waals surface area contributed by atoms with Gasteiger partial charge in [-0.05, 0) is 51.2 Å². The van der Waals surface area contributed by atoms with Crippen LogP contribution in [0.25, 0.3) is 11.0 Å². The Balaban J connectivity index is 1.57. The Morgan fingerprint density at radius 3 is 2.55 bits per heavy atom. The van der Waals surface area contributed by atoms with Crippen LogP contribution in [0.4, 0.5) is 0 Å². The third kappa shape index (κ3) is 5.35. The van der Waals surface area contributed by atoms with E-state index in [4.69, 9.17) is 9.72 Å². The van der Waals surface area contributed by atoms with Gasteiger partial charge in [-0.1, -0.05) is 30.3 Å². The molecule has 0 bridgehead atoms. The van der Waals surface area contributed by atoms with Gasteiger partial charge in [0, 0.05) is 26.1 Å². The molecule has 0 atom stereocenters. The molecule has 1 N–H and O–H groups in total. The van der Waals surface area contributed by atoms with Crippen molar-refractivity contribution in [1.82, 2.24) is 19.8 Å². The molecular weight excluding hydrogens is 364 g/mol. The molecule has 0 radical (unpaired) electrons. The molecule has 1 aromatic heterocycles. The Kier molecular flexibility index (Phi) is 6.88. The Morgan fingerprint density at radius 1 is 1.10 bits per heavy atom. The van der Waals surface area contributed by atoms with Crippen LogP contribution < -0.4 is 10.1 Å². The number of benzene rings is 2. The first-order valence-corrected chi connectivity index (χ1v) is 10.0. The zero-order chi connectivity index (χ0) is 20.8. The minimum Gasteiger partial charge on any atom is -0.483 e. The first-order chi connectivity index (χ1) is 14.0. The van der Waals surface area contributed by atoms with Gasteiger partial charge in [0.25, 0.3) is 5.91 Å². The van der Waals surface area contributed by atoms with Crippen LogP contribution >= 0.6 is 0 Å². The average molecular weight is 395 g/mol. The predicted octanol–water partition coefficient (Wildman–Crippen LogP) is 2.95. The lowest BCUT2D eigenvalue weighted by atomic mass is 10.1. The first-order valence-electron chi connectivity index (χ1n) is 10.0. The summed E-state index contributed by atoms with van der Waals surface area (Å²) in [6, 6.07) is 14.1. The van der Waals surface area contributed by atoms with E-state index in [9.17, 15) is 4.79 Å². The van der Waals surface area contributed by atoms with E-state index >= 15 is 0 Å². The number of aryl methyl sites for hydroxylation is 2. The SMILES string of the molecule is Cc1cccc(C)c1OCC(=O)NCCc1nc2ccccc2n1CCN(C)C. The van der Waals surface area contributed by atoms with Gasteiger partial charge in [-0.3, -0.25) is 4.79 Å². The molecule has 29 heavy (non-hydrogen) atoms. The molecule has 0 saturated heterocycles. The largest absolute Gasteiger partial charge is 0.483 e. The normalized spacial score (nSPS) is 11.2. The summed E-state index contributed by atoms with van der Waals surface area (Å²) in [5, 5.41) is 2.95. The van der Waals surface area contributed by atoms with Gasteiger partial charge in [-0.15, -0.1) is 0 Å². The number of carbonyl (C=O) groups is 1. The van der Waals surface area contributed by atoms with Crippen molar-refractivity contribution in [2.45, 2.75) is 26.8 Å². The highest BCUT2D eigenvalue weighted by molar-refractivity contribution is 5.78. The van der Waals surface area contributed by atoms with Crippen molar-refractivity contribution in [2.75, 3.05) is 33.8 Å². The second-order valence-corrected chi connectivity index (χ2v) is 7.58. The van der Waals surface area contributed by atoms with Crippen molar-refractivity contribution < 1.29 is 9.53 Å². The monoisotopic (exact) mass is 394 g/mol. The quantitative estimate of drug-likeness (QED) is 0.606. The number of ether oxygens (including phenoxy) is 1. The van der Waals surface area contributed by atoms with Crippen LogP contribution in [0.5, 0.6) is 5.75 Å². The van der Waals surface area contributed by atoms with Gasteiger partial charge in [0.15, 0.2) is 6.61 Å². The number of amides is 1. The summed E-state index contributed by atoms with van der Waals surface area (Å²) in [4.78, 5) is 19.2. The van der Waals surface area contributed by atoms with Crippen molar-refractivity contribution in [2.24, 2.45) is 0 Å². The summed E-state index contributed by atoms with van der Waals surface area (Å²) in [6.07, 6.45) is 0.678. The van der Waals surface area contributed by atoms with E-state index in [0.717, 1.165) is 46.8 Å². The second-order valence-electron chi connectivity index (χ2n) is 7.58. The first kappa shape index (κ1) is 20.9. The molecule has 0 fully saturated rings. The number of nitrogens with one attached hydrogen (secondary N) is 1. The highest BCUT2D eigenvalue weighted by Gasteiger charge is 2.12. The van der Waals surface area contributed by atoms with Gasteiger partial charge in [-0.2, -0.15) is 0 Å². The third-order valence-electron chi connectivity index (χ3n) is 4.93. The topological polar surface area (TPSA) is 59.4 Å². The molecule has 0 aliphatic carbocycles. The number of imidazole rings is 1. The minimum atomic E-state index is -0.122. The third-order valence-corrected chi connectivity index (χ3v) is 4.93. The van der Waals surface area contributed by atoms with Gasteiger partial charge in [0.2, 0.25) is 0 Å². The molecule has 1 heterocycles. The smallest absolute Gasteiger partial charge is 0.257 e. The summed E-state index contributed by atoms with van der Waals surface area (Å²) in [5.74, 6) is 1.65. The fourth-order valence-electron chi connectivity index (χ4n) is 3.40. The van der Waals surface area contributed by atoms with Crippen LogP contribution in [0, 0.1) is 13.8 Å². The summed E-state index contributed by atoms with van der Waals surface area (Å²) >= 11 is 0. The van der Waals surface area contributed by atoms with Crippen molar-refractivity contribution in [3.05, 3.63) is 59.4 Å². The molecule has 2 aromatic carbocycles. The van der Waals surface area contributed by atoms with Gasteiger partial charge >= 0.3 is 0 Å². The van der Waals surface area contributed by atoms with Crippen molar-refractivity contribution in [3.63, 3.8) is 0 Å². The number of fused-ring (bicyclic) bond motifs is 1. The number of hydrogen-bond donors (Lipinski definition) is 1. The molecule has 6 heteroatoms. The molecule has 0 spiro atoms. The zero-order valence-corrected chi connectivity index (χ0v) is 17.7. The van der Waals surface area contributed by atoms with Crippen LogP contribution in [0.1, 0.15) is 17.0 Å². The van der Waals surface area contributed by atoms with E-state index in [1.807, 2.05) is 50.2 Å². The highest BCUT2D eigenvalue weighted by atomic mass is 16.5. The van der Waals surface area contributed by atoms with E-state index in [0.29, 0.717) is 13.0 Å². The van der Waals surface area contributed by atoms with Crippen LogP contribution in [-0.4, -0.2) is 54.1 Å². The van der Waals surface area contributed by atoms with Gasteiger partial charge < -0.3 is 19.5 Å². The lowest BCUT2D eigenvalue weighted by Crippen LogP contribution is -2.31. The number of para-hydroxylation sites is 3. The Labute approximate surface area is 172 Å². The molecular formula is C23H30N4O2. The fraction of sp³-hybridized carbons (Fsp3) is 0.391. The number of hydrogen-bond acceptors (Lipinski definition) is 4. The summed E-state index contributed by atoms with van der Waals surface area (Å²) in [5.41, 5.74) is 4.19. The maximum absolute atomic E-state index is 12.2. The standard InChI is InChI=1S/C23H30N4O2/c1-17-8-7-9-18(2)23(17)29-16-22(28)24-13-12-21-25-19-10-5-6-11-20(19)27(21)15-14-26(3)4/h5-11H,12-16H2,1-4H3,(H,24,28). The molecule has 1 amide bonds. The lowest BCUT2D eigenvalue weighted by molar-refractivity contribution is -0.123. The molecule has 0 aliphatic heterocycles. The maximum Gasteiger partial charge on any atom is 0.257 e. The molecule has 3 aromatic rings. The second kappa shape index (κ2) is 9.56. The van der Waals surface area contributed by atoms with E-state index in [2.05, 4.69) is 34.9 Å². The van der Waals surface area contributed by atoms with Gasteiger partial charge in [-0.25, -0.2) is 4.98 Å². The Bertz CT molecular complexity index is 958. The highest BCUT2D eigenvalue weighted by Crippen LogP contribution is 2.22. The lowest BCUT2D eigenvalue weighted by Gasteiger charge is -2.14. The molecule has 0 saturated carbocycles. The molecule has 154 valence electrons. The summed E-state index contributed by atoms with van der Waals surface area (Å²) in [6.45, 7) is 6.32. The number of likely N-dealkylation sites (N-methyl/N-ethyl adjacent to an activating group) is 1. The number of rotatable bonds is 9. The fourth-order valence-corrected chi connectivity index (χ4v) is 3.40. The van der Waals surface area contributed by atoms with Crippen LogP contribution in [0.15, 0.2) is 42.5 Å². The minimum absolute atomic E-state index is 0.0166. The Morgan fingerprint density at radius 2 is 1.83 bits per heavy atom. The molecule has 6 nitrogen and oxygen atoms in total. The zero-order valence-electron chi connectivity index (χ0n) is 17.7.